The number of rotatable bonds is 5. The molecule has 0 spiro atoms. The number of carbonyl (C=O) groups is 11. The predicted molar refractivity (Wildman–Crippen MR) is 396 cm³/mol. The smallest absolute Gasteiger partial charge is 0.219 e. The van der Waals surface area contributed by atoms with Crippen LogP contribution in [0.3, 0.4) is 0 Å². The van der Waals surface area contributed by atoms with Crippen molar-refractivity contribution in [2.45, 2.75) is 203 Å². The quantitative estimate of drug-likeness (QED) is 0.132. The monoisotopic (exact) mass is 1290 g/mol. The van der Waals surface area contributed by atoms with Gasteiger partial charge in [0.15, 0.2) is 0 Å². The Morgan fingerprint density at radius 1 is 0.375 bits per heavy atom. The number of amides is 1. The first-order valence-electron chi connectivity index (χ1n) is 27.8. The van der Waals surface area contributed by atoms with Crippen molar-refractivity contribution in [2.24, 2.45) is 58.1 Å². The third-order valence-corrected chi connectivity index (χ3v) is 6.75. The van der Waals surface area contributed by atoms with Crippen LogP contribution in [0, 0.1) is 23.7 Å². The maximum atomic E-state index is 10.7. The average Bonchev–Trinajstić information content (AvgIpc) is 3.60. The Bertz CT molecular complexity index is 950. The molecule has 548 valence electrons. The Hall–Kier alpha value is -5.83. The number of carbonyl (C=O) groups excluding carboxylic acids is 11. The molecule has 0 radical (unpaired) electrons. The van der Waals surface area contributed by atoms with E-state index >= 15 is 0 Å². The first-order valence-corrected chi connectivity index (χ1v) is 27.8. The zero-order valence-electron chi connectivity index (χ0n) is 63.0. The number of benzene rings is 2. The minimum Gasteiger partial charge on any atom is -0.394 e. The number of aliphatic hydroxyl groups excluding tert-OH is 1. The van der Waals surface area contributed by atoms with Crippen molar-refractivity contribution in [1.29, 1.82) is 0 Å². The van der Waals surface area contributed by atoms with Gasteiger partial charge in [0.2, 0.25) is 5.91 Å². The van der Waals surface area contributed by atoms with Gasteiger partial charge in [-0.2, -0.15) is 0 Å². The molecule has 1 heterocycles. The number of hydrogen-bond acceptors (Lipinski definition) is 22. The molecule has 1 amide bonds. The van der Waals surface area contributed by atoms with E-state index in [-0.39, 0.29) is 36.6 Å². The standard InChI is InChI=1S/2C8H10.C7H13NO.3C5H12.C4H10.C3H8O.2C2H6.6CH5N.10CH2O.4H3N/c2*1-2-8-6-4-3-5-7-8;1-7(9)8-5-3-2-4-6-8;3*1-4-5(2)3;1-4(2)3;1-3(2)4;18*1-2;;;;/h2*3-7H,2H2,1H3;2-6H2,1H3;3*5H,4H2,1-3H3;4H,1-3H3;3-4H,1-2H3;2*1-2H3;6*2H2,1H3;10*1H2;4*1H3. The number of hydrogen-bond donors (Lipinski definition) is 11. The first kappa shape index (κ1) is 178. The minimum atomic E-state index is -0.167. The molecule has 2 aromatic rings. The van der Waals surface area contributed by atoms with Crippen molar-refractivity contribution in [3.63, 3.8) is 0 Å². The van der Waals surface area contributed by atoms with Gasteiger partial charge >= 0.3 is 0 Å². The second kappa shape index (κ2) is 308. The normalized spacial score (nSPS) is 7.15. The van der Waals surface area contributed by atoms with E-state index in [0.29, 0.717) is 0 Å². The maximum absolute atomic E-state index is 10.7. The summed E-state index contributed by atoms with van der Waals surface area (Å²) in [6.07, 6.45) is 9.71. The van der Waals surface area contributed by atoms with Gasteiger partial charge in [0.1, 0.15) is 67.9 Å². The summed E-state index contributed by atoms with van der Waals surface area (Å²) in [5.41, 5.74) is 29.8. The summed E-state index contributed by atoms with van der Waals surface area (Å²) in [4.78, 5) is 92.6. The lowest BCUT2D eigenvalue weighted by Crippen LogP contribution is -2.33. The lowest BCUT2D eigenvalue weighted by molar-refractivity contribution is -0.129. The largest absolute Gasteiger partial charge is 0.394 e. The number of nitrogens with zero attached hydrogens (tertiary/aromatic N) is 1. The van der Waals surface area contributed by atoms with E-state index in [0.717, 1.165) is 49.6 Å². The van der Waals surface area contributed by atoms with E-state index in [1.54, 1.807) is 20.8 Å². The number of aryl methyl sites for hydroxylation is 2. The molecule has 88 heavy (non-hydrogen) atoms. The highest BCUT2D eigenvalue weighted by Gasteiger charge is 2.11. The van der Waals surface area contributed by atoms with Crippen LogP contribution in [-0.4, -0.2) is 145 Å². The predicted octanol–water partition coefficient (Wildman–Crippen LogP) is 12.0. The molecular weight excluding hydrogens is 1130 g/mol. The fourth-order valence-corrected chi connectivity index (χ4v) is 2.64. The van der Waals surface area contributed by atoms with Gasteiger partial charge in [-0.3, -0.25) is 4.79 Å². The molecule has 0 saturated carbocycles. The fraction of sp³-hybridized carbons (Fsp3) is 0.646. The molecule has 0 unspecified atom stereocenters. The van der Waals surface area contributed by atoms with Crippen LogP contribution in [0.25, 0.3) is 0 Å². The fourth-order valence-electron chi connectivity index (χ4n) is 2.64. The third-order valence-electron chi connectivity index (χ3n) is 6.75. The molecule has 1 aliphatic rings. The molecule has 23 heteroatoms. The van der Waals surface area contributed by atoms with Crippen molar-refractivity contribution in [2.75, 3.05) is 55.4 Å². The Morgan fingerprint density at radius 2 is 0.500 bits per heavy atom. The van der Waals surface area contributed by atoms with E-state index in [2.05, 4.69) is 180 Å². The minimum absolute atomic E-state index is 0. The molecule has 1 fully saturated rings. The van der Waals surface area contributed by atoms with Crippen molar-refractivity contribution in [3.8, 4) is 0 Å². The molecule has 2 aromatic carbocycles. The Balaban J connectivity index is -0.0000000180. The van der Waals surface area contributed by atoms with E-state index in [4.69, 9.17) is 53.1 Å². The molecule has 0 bridgehead atoms. The highest BCUT2D eigenvalue weighted by Crippen LogP contribution is 2.07. The van der Waals surface area contributed by atoms with Crippen LogP contribution < -0.4 is 59.0 Å². The Kier molecular flexibility index (Phi) is 622. The number of likely N-dealkylation sites (tertiary alicyclic amines) is 1. The van der Waals surface area contributed by atoms with Crippen LogP contribution in [0.15, 0.2) is 60.7 Å². The van der Waals surface area contributed by atoms with Gasteiger partial charge in [-0.1, -0.05) is 205 Å². The van der Waals surface area contributed by atoms with Crippen LogP contribution in [0.1, 0.15) is 195 Å². The highest BCUT2D eigenvalue weighted by atomic mass is 16.3. The summed E-state index contributed by atoms with van der Waals surface area (Å²) in [5.74, 6) is 3.72. The van der Waals surface area contributed by atoms with Gasteiger partial charge in [-0.15, -0.1) is 0 Å². The van der Waals surface area contributed by atoms with Crippen LogP contribution in [-0.2, 0) is 65.6 Å². The second-order valence-electron chi connectivity index (χ2n) is 14.5. The van der Waals surface area contributed by atoms with Crippen LogP contribution >= 0.6 is 0 Å². The van der Waals surface area contributed by atoms with Crippen LogP contribution in [0.2, 0.25) is 0 Å². The van der Waals surface area contributed by atoms with Gasteiger partial charge in [0, 0.05) is 26.1 Å². The van der Waals surface area contributed by atoms with Gasteiger partial charge < -0.3 is 117 Å². The number of piperidine rings is 1. The Labute approximate surface area is 547 Å². The zero-order valence-corrected chi connectivity index (χ0v) is 63.0. The summed E-state index contributed by atoms with van der Waals surface area (Å²) < 4.78 is 0. The van der Waals surface area contributed by atoms with E-state index in [9.17, 15) is 4.79 Å². The summed E-state index contributed by atoms with van der Waals surface area (Å²) in [6.45, 7) is 65.8. The van der Waals surface area contributed by atoms with E-state index < -0.39 is 0 Å². The molecule has 0 atom stereocenters. The molecule has 1 saturated heterocycles. The average molecular weight is 1290 g/mol. The highest BCUT2D eigenvalue weighted by molar-refractivity contribution is 5.73. The van der Waals surface area contributed by atoms with Gasteiger partial charge in [0.25, 0.3) is 0 Å². The zero-order chi connectivity index (χ0) is 74.3. The topological polar surface area (TPSA) is 507 Å². The molecule has 3 rings (SSSR count). The lowest BCUT2D eigenvalue weighted by atomic mass is 10.1. The summed E-state index contributed by atoms with van der Waals surface area (Å²) in [6, 6.07) is 20.9. The summed E-state index contributed by atoms with van der Waals surface area (Å²) in [5, 5.41) is 8.06. The maximum Gasteiger partial charge on any atom is 0.219 e. The van der Waals surface area contributed by atoms with Crippen molar-refractivity contribution in [3.05, 3.63) is 71.8 Å². The first-order chi connectivity index (χ1) is 40.4. The summed E-state index contributed by atoms with van der Waals surface area (Å²) >= 11 is 0. The Morgan fingerprint density at radius 3 is 0.568 bits per heavy atom. The molecule has 23 nitrogen and oxygen atoms in total. The number of aliphatic hydroxyl groups is 1. The van der Waals surface area contributed by atoms with Gasteiger partial charge in [0.05, 0.1) is 0 Å². The lowest BCUT2D eigenvalue weighted by Gasteiger charge is -2.24. The van der Waals surface area contributed by atoms with E-state index in [1.807, 2.05) is 113 Å². The van der Waals surface area contributed by atoms with Crippen LogP contribution in [0.4, 0.5) is 0 Å². The molecule has 0 aromatic heterocycles. The molecule has 25 N–H and O–H groups in total. The van der Waals surface area contributed by atoms with Crippen molar-refractivity contribution >= 4 is 73.8 Å². The number of nitrogens with two attached hydrogens (primary N) is 6. The summed E-state index contributed by atoms with van der Waals surface area (Å²) in [7, 11) is 9.00. The van der Waals surface area contributed by atoms with Crippen molar-refractivity contribution < 1.29 is 57.8 Å². The van der Waals surface area contributed by atoms with E-state index in [1.165, 1.54) is 91.9 Å². The SMILES string of the molecule is C=O.C=O.C=O.C=O.C=O.C=O.C=O.C=O.C=O.C=O.CC.CC.CC(=O)N1CCCCC1.CC(C)C.CC(C)O.CCC(C)C.CCC(C)C.CCC(C)C.CCc1ccccc1.CCc1ccccc1.CN.CN.CN.CN.CN.CN.N.N.N.N. The molecular formula is C65H161N11O12. The van der Waals surface area contributed by atoms with Gasteiger partial charge in [-0.25, -0.2) is 0 Å². The molecule has 0 aliphatic carbocycles. The third kappa shape index (κ3) is 486. The van der Waals surface area contributed by atoms with Crippen LogP contribution in [0.5, 0.6) is 0 Å². The van der Waals surface area contributed by atoms with Gasteiger partial charge in [-0.05, 0) is 123 Å². The molecule has 1 aliphatic heterocycles. The second-order valence-corrected chi connectivity index (χ2v) is 14.5. The van der Waals surface area contributed by atoms with Crippen molar-refractivity contribution in [1.82, 2.24) is 29.5 Å².